The molecule has 0 radical (unpaired) electrons. The first-order valence-electron chi connectivity index (χ1n) is 8.86. The third-order valence-corrected chi connectivity index (χ3v) is 5.37. The molecule has 0 spiro atoms. The normalized spacial score (nSPS) is 14.0. The number of carbonyl (C=O) groups excluding carboxylic acids is 1. The minimum Gasteiger partial charge on any atom is -0.486 e. The van der Waals surface area contributed by atoms with Gasteiger partial charge in [-0.2, -0.15) is 0 Å². The van der Waals surface area contributed by atoms with Gasteiger partial charge < -0.3 is 19.7 Å². The van der Waals surface area contributed by atoms with Crippen molar-refractivity contribution in [3.8, 4) is 11.5 Å². The van der Waals surface area contributed by atoms with E-state index in [0.29, 0.717) is 19.8 Å². The van der Waals surface area contributed by atoms with Crippen molar-refractivity contribution in [2.45, 2.75) is 19.5 Å². The summed E-state index contributed by atoms with van der Waals surface area (Å²) in [6.07, 6.45) is 0. The maximum atomic E-state index is 12.7. The van der Waals surface area contributed by atoms with Gasteiger partial charge in [0.05, 0.1) is 10.2 Å². The van der Waals surface area contributed by atoms with Crippen LogP contribution in [0, 0.1) is 0 Å². The standard InChI is InChI=1S/C20H21N3O3S/c1-13(21-20-22-15-5-3-4-6-18(15)27-20)19(24)23(2)12-14-7-8-16-17(11-14)26-10-9-25-16/h3-8,11,13H,9-10,12H2,1-2H3,(H,21,22). The number of nitrogens with zero attached hydrogens (tertiary/aromatic N) is 2. The van der Waals surface area contributed by atoms with Crippen molar-refractivity contribution in [1.82, 2.24) is 9.88 Å². The van der Waals surface area contributed by atoms with Gasteiger partial charge >= 0.3 is 0 Å². The minimum absolute atomic E-state index is 0.00384. The summed E-state index contributed by atoms with van der Waals surface area (Å²) in [5.41, 5.74) is 1.94. The van der Waals surface area contributed by atoms with Crippen LogP contribution in [0.25, 0.3) is 10.2 Å². The zero-order chi connectivity index (χ0) is 18.8. The summed E-state index contributed by atoms with van der Waals surface area (Å²) in [5.74, 6) is 1.49. The Hall–Kier alpha value is -2.80. The summed E-state index contributed by atoms with van der Waals surface area (Å²) >= 11 is 1.55. The molecule has 2 heterocycles. The van der Waals surface area contributed by atoms with Crippen molar-refractivity contribution >= 4 is 32.6 Å². The third-order valence-electron chi connectivity index (χ3n) is 4.41. The topological polar surface area (TPSA) is 63.7 Å². The van der Waals surface area contributed by atoms with Crippen LogP contribution in [0.3, 0.4) is 0 Å². The largest absolute Gasteiger partial charge is 0.486 e. The second kappa shape index (κ2) is 7.44. The van der Waals surface area contributed by atoms with E-state index in [0.717, 1.165) is 32.4 Å². The van der Waals surface area contributed by atoms with Crippen molar-refractivity contribution in [1.29, 1.82) is 0 Å². The summed E-state index contributed by atoms with van der Waals surface area (Å²) in [7, 11) is 1.80. The lowest BCUT2D eigenvalue weighted by Crippen LogP contribution is -2.38. The summed E-state index contributed by atoms with van der Waals surface area (Å²) in [4.78, 5) is 19.0. The number of nitrogens with one attached hydrogen (secondary N) is 1. The molecule has 0 fully saturated rings. The molecule has 27 heavy (non-hydrogen) atoms. The smallest absolute Gasteiger partial charge is 0.244 e. The number of likely N-dealkylation sites (N-methyl/N-ethyl adjacent to an activating group) is 1. The average Bonchev–Trinajstić information content (AvgIpc) is 3.09. The molecule has 2 aromatic carbocycles. The lowest BCUT2D eigenvalue weighted by Gasteiger charge is -2.23. The molecule has 4 rings (SSSR count). The molecule has 0 bridgehead atoms. The first-order valence-corrected chi connectivity index (χ1v) is 9.67. The van der Waals surface area contributed by atoms with E-state index in [1.54, 1.807) is 23.3 Å². The van der Waals surface area contributed by atoms with Crippen LogP contribution in [-0.2, 0) is 11.3 Å². The number of hydrogen-bond acceptors (Lipinski definition) is 6. The molecule has 1 unspecified atom stereocenters. The SMILES string of the molecule is CC(Nc1nc2ccccc2s1)C(=O)N(C)Cc1ccc2c(c1)OCCO2. The highest BCUT2D eigenvalue weighted by molar-refractivity contribution is 7.22. The Bertz CT molecular complexity index is 939. The second-order valence-electron chi connectivity index (χ2n) is 6.53. The van der Waals surface area contributed by atoms with E-state index in [4.69, 9.17) is 9.47 Å². The van der Waals surface area contributed by atoms with Crippen molar-refractivity contribution in [2.24, 2.45) is 0 Å². The van der Waals surface area contributed by atoms with Crippen molar-refractivity contribution in [3.63, 3.8) is 0 Å². The summed E-state index contributed by atoms with van der Waals surface area (Å²) in [5, 5.41) is 3.97. The molecule has 1 aromatic heterocycles. The van der Waals surface area contributed by atoms with Gasteiger partial charge in [-0.15, -0.1) is 0 Å². The number of ether oxygens (including phenoxy) is 2. The van der Waals surface area contributed by atoms with Gasteiger partial charge in [-0.25, -0.2) is 4.98 Å². The minimum atomic E-state index is -0.368. The van der Waals surface area contributed by atoms with Crippen LogP contribution in [-0.4, -0.2) is 42.1 Å². The fraction of sp³-hybridized carbons (Fsp3) is 0.300. The monoisotopic (exact) mass is 383 g/mol. The van der Waals surface area contributed by atoms with Crippen molar-refractivity contribution < 1.29 is 14.3 Å². The van der Waals surface area contributed by atoms with Gasteiger partial charge in [0.15, 0.2) is 16.6 Å². The fourth-order valence-corrected chi connectivity index (χ4v) is 4.00. The zero-order valence-electron chi connectivity index (χ0n) is 15.3. The van der Waals surface area contributed by atoms with E-state index in [-0.39, 0.29) is 11.9 Å². The van der Waals surface area contributed by atoms with Gasteiger partial charge in [0.25, 0.3) is 0 Å². The van der Waals surface area contributed by atoms with E-state index >= 15 is 0 Å². The predicted molar refractivity (Wildman–Crippen MR) is 107 cm³/mol. The number of amides is 1. The number of anilines is 1. The van der Waals surface area contributed by atoms with E-state index in [9.17, 15) is 4.79 Å². The van der Waals surface area contributed by atoms with Crippen LogP contribution in [0.2, 0.25) is 0 Å². The molecule has 1 aliphatic heterocycles. The first kappa shape index (κ1) is 17.6. The molecule has 0 saturated heterocycles. The van der Waals surface area contributed by atoms with Crippen LogP contribution in [0.15, 0.2) is 42.5 Å². The quantitative estimate of drug-likeness (QED) is 0.730. The summed E-state index contributed by atoms with van der Waals surface area (Å²) in [6.45, 7) is 3.48. The summed E-state index contributed by atoms with van der Waals surface area (Å²) < 4.78 is 12.3. The Morgan fingerprint density at radius 2 is 2.00 bits per heavy atom. The molecule has 6 nitrogen and oxygen atoms in total. The number of fused-ring (bicyclic) bond motifs is 2. The average molecular weight is 383 g/mol. The molecular formula is C20H21N3O3S. The van der Waals surface area contributed by atoms with Crippen LogP contribution < -0.4 is 14.8 Å². The second-order valence-corrected chi connectivity index (χ2v) is 7.56. The Kier molecular flexibility index (Phi) is 4.85. The van der Waals surface area contributed by atoms with Crippen LogP contribution in [0.1, 0.15) is 12.5 Å². The number of carbonyl (C=O) groups is 1. The Morgan fingerprint density at radius 3 is 2.81 bits per heavy atom. The molecule has 0 saturated carbocycles. The Morgan fingerprint density at radius 1 is 1.22 bits per heavy atom. The van der Waals surface area contributed by atoms with Crippen LogP contribution >= 0.6 is 11.3 Å². The lowest BCUT2D eigenvalue weighted by molar-refractivity contribution is -0.130. The number of benzene rings is 2. The number of thiazole rings is 1. The third kappa shape index (κ3) is 3.83. The maximum absolute atomic E-state index is 12.7. The molecule has 1 aliphatic rings. The van der Waals surface area contributed by atoms with E-state index < -0.39 is 0 Å². The Labute approximate surface area is 161 Å². The summed E-state index contributed by atoms with van der Waals surface area (Å²) in [6, 6.07) is 13.4. The maximum Gasteiger partial charge on any atom is 0.244 e. The van der Waals surface area contributed by atoms with Gasteiger partial charge in [-0.1, -0.05) is 29.5 Å². The predicted octanol–water partition coefficient (Wildman–Crippen LogP) is 3.53. The van der Waals surface area contributed by atoms with Gasteiger partial charge in [-0.05, 0) is 36.8 Å². The zero-order valence-corrected chi connectivity index (χ0v) is 16.1. The van der Waals surface area contributed by atoms with Gasteiger partial charge in [0, 0.05) is 13.6 Å². The van der Waals surface area contributed by atoms with E-state index in [2.05, 4.69) is 10.3 Å². The highest BCUT2D eigenvalue weighted by Gasteiger charge is 2.20. The van der Waals surface area contributed by atoms with Gasteiger partial charge in [-0.3, -0.25) is 4.79 Å². The fourth-order valence-electron chi connectivity index (χ4n) is 3.05. The van der Waals surface area contributed by atoms with E-state index in [1.165, 1.54) is 0 Å². The van der Waals surface area contributed by atoms with E-state index in [1.807, 2.05) is 49.4 Å². The van der Waals surface area contributed by atoms with Crippen molar-refractivity contribution in [2.75, 3.05) is 25.6 Å². The highest BCUT2D eigenvalue weighted by atomic mass is 32.1. The number of rotatable bonds is 5. The lowest BCUT2D eigenvalue weighted by atomic mass is 10.1. The molecular weight excluding hydrogens is 362 g/mol. The van der Waals surface area contributed by atoms with Crippen molar-refractivity contribution in [3.05, 3.63) is 48.0 Å². The number of hydrogen-bond donors (Lipinski definition) is 1. The number of para-hydroxylation sites is 1. The molecule has 7 heteroatoms. The van der Waals surface area contributed by atoms with Crippen LogP contribution in [0.5, 0.6) is 11.5 Å². The van der Waals surface area contributed by atoms with Gasteiger partial charge in [0.1, 0.15) is 19.3 Å². The molecule has 1 atom stereocenters. The first-order chi connectivity index (χ1) is 13.1. The Balaban J connectivity index is 1.40. The molecule has 1 amide bonds. The van der Waals surface area contributed by atoms with Gasteiger partial charge in [0.2, 0.25) is 5.91 Å². The number of aromatic nitrogens is 1. The molecule has 1 N–H and O–H groups in total. The molecule has 3 aromatic rings. The molecule has 0 aliphatic carbocycles. The molecule has 140 valence electrons. The van der Waals surface area contributed by atoms with Crippen LogP contribution in [0.4, 0.5) is 5.13 Å². The highest BCUT2D eigenvalue weighted by Crippen LogP contribution is 2.31.